The Morgan fingerprint density at radius 1 is 0.950 bits per heavy atom. The lowest BCUT2D eigenvalue weighted by Crippen LogP contribution is -2.19. The van der Waals surface area contributed by atoms with Crippen LogP contribution in [0.2, 0.25) is 0 Å². The van der Waals surface area contributed by atoms with Crippen molar-refractivity contribution in [3.63, 3.8) is 0 Å². The number of fused-ring (bicyclic) bond motifs is 3. The highest BCUT2D eigenvalue weighted by Crippen LogP contribution is 2.51. The molecular weight excluding hydrogens is 308 g/mol. The van der Waals surface area contributed by atoms with Gasteiger partial charge in [-0.05, 0) is 52.8 Å². The zero-order chi connectivity index (χ0) is 14.3. The second kappa shape index (κ2) is 5.04. The lowest BCUT2D eigenvalue weighted by Gasteiger charge is -2.25. The lowest BCUT2D eigenvalue weighted by molar-refractivity contribution is 0.564. The van der Waals surface area contributed by atoms with Gasteiger partial charge in [0.05, 0.1) is 0 Å². The summed E-state index contributed by atoms with van der Waals surface area (Å²) < 4.78 is 1.18. The molecule has 0 bridgehead atoms. The first kappa shape index (κ1) is 13.9. The molecule has 0 aliphatic heterocycles. The van der Waals surface area contributed by atoms with Crippen LogP contribution in [0.5, 0.6) is 0 Å². The molecular formula is C19H21Br. The molecule has 0 nitrogen and oxygen atoms in total. The zero-order valence-electron chi connectivity index (χ0n) is 12.5. The Bertz CT molecular complexity index is 657. The third-order valence-corrected chi connectivity index (χ3v) is 5.28. The Kier molecular flexibility index (Phi) is 3.50. The molecule has 1 unspecified atom stereocenters. The van der Waals surface area contributed by atoms with E-state index in [1.165, 1.54) is 45.1 Å². The summed E-state index contributed by atoms with van der Waals surface area (Å²) in [7, 11) is 0. The second-order valence-electron chi connectivity index (χ2n) is 6.01. The van der Waals surface area contributed by atoms with E-state index in [-0.39, 0.29) is 5.41 Å². The SMILES string of the molecule is CCCc1ccc2c(c1)-c1ccc(Br)cc1C2(C)CC. The van der Waals surface area contributed by atoms with E-state index in [2.05, 4.69) is 73.1 Å². The Morgan fingerprint density at radius 3 is 2.45 bits per heavy atom. The van der Waals surface area contributed by atoms with Crippen molar-refractivity contribution in [3.8, 4) is 11.1 Å². The summed E-state index contributed by atoms with van der Waals surface area (Å²) in [6.07, 6.45) is 3.51. The smallest absolute Gasteiger partial charge is 0.0184 e. The van der Waals surface area contributed by atoms with Crippen LogP contribution in [0.25, 0.3) is 11.1 Å². The molecule has 0 radical (unpaired) electrons. The maximum absolute atomic E-state index is 3.63. The third kappa shape index (κ3) is 1.95. The van der Waals surface area contributed by atoms with E-state index < -0.39 is 0 Å². The Hall–Kier alpha value is -1.08. The van der Waals surface area contributed by atoms with Crippen molar-refractivity contribution in [3.05, 3.63) is 57.6 Å². The van der Waals surface area contributed by atoms with Gasteiger partial charge in [-0.1, -0.05) is 67.4 Å². The van der Waals surface area contributed by atoms with E-state index in [1.807, 2.05) is 0 Å². The van der Waals surface area contributed by atoms with Crippen LogP contribution < -0.4 is 0 Å². The summed E-state index contributed by atoms with van der Waals surface area (Å²) in [5.41, 5.74) is 7.44. The molecule has 1 aliphatic rings. The fourth-order valence-electron chi connectivity index (χ4n) is 3.47. The van der Waals surface area contributed by atoms with Gasteiger partial charge in [-0.25, -0.2) is 0 Å². The highest BCUT2D eigenvalue weighted by molar-refractivity contribution is 9.10. The fourth-order valence-corrected chi connectivity index (χ4v) is 3.83. The molecule has 0 heterocycles. The van der Waals surface area contributed by atoms with E-state index in [9.17, 15) is 0 Å². The Morgan fingerprint density at radius 2 is 1.75 bits per heavy atom. The molecule has 2 aromatic carbocycles. The quantitative estimate of drug-likeness (QED) is 0.638. The van der Waals surface area contributed by atoms with Gasteiger partial charge in [0.25, 0.3) is 0 Å². The van der Waals surface area contributed by atoms with E-state index in [4.69, 9.17) is 0 Å². The lowest BCUT2D eigenvalue weighted by atomic mass is 9.78. The molecule has 3 rings (SSSR count). The molecule has 2 aromatic rings. The first-order valence-electron chi connectivity index (χ1n) is 7.54. The molecule has 0 saturated heterocycles. The van der Waals surface area contributed by atoms with Crippen molar-refractivity contribution in [1.29, 1.82) is 0 Å². The zero-order valence-corrected chi connectivity index (χ0v) is 14.0. The molecule has 1 aliphatic carbocycles. The van der Waals surface area contributed by atoms with Gasteiger partial charge in [0, 0.05) is 9.89 Å². The largest absolute Gasteiger partial charge is 0.0651 e. The minimum Gasteiger partial charge on any atom is -0.0651 e. The van der Waals surface area contributed by atoms with Crippen LogP contribution in [-0.4, -0.2) is 0 Å². The maximum Gasteiger partial charge on any atom is 0.0184 e. The highest BCUT2D eigenvalue weighted by Gasteiger charge is 2.37. The van der Waals surface area contributed by atoms with Gasteiger partial charge in [-0.2, -0.15) is 0 Å². The molecule has 20 heavy (non-hydrogen) atoms. The molecule has 0 N–H and O–H groups in total. The number of hydrogen-bond donors (Lipinski definition) is 0. The third-order valence-electron chi connectivity index (χ3n) is 4.79. The van der Waals surface area contributed by atoms with Crippen LogP contribution in [0, 0.1) is 0 Å². The van der Waals surface area contributed by atoms with Gasteiger partial charge in [0.2, 0.25) is 0 Å². The topological polar surface area (TPSA) is 0 Å². The number of halogens is 1. The second-order valence-corrected chi connectivity index (χ2v) is 6.92. The van der Waals surface area contributed by atoms with Crippen LogP contribution >= 0.6 is 15.9 Å². The van der Waals surface area contributed by atoms with E-state index in [0.717, 1.165) is 6.42 Å². The summed E-state index contributed by atoms with van der Waals surface area (Å²) in [6, 6.07) is 13.8. The van der Waals surface area contributed by atoms with Gasteiger partial charge in [-0.15, -0.1) is 0 Å². The van der Waals surface area contributed by atoms with Crippen LogP contribution in [0.4, 0.5) is 0 Å². The molecule has 0 fully saturated rings. The molecule has 0 aromatic heterocycles. The van der Waals surface area contributed by atoms with Crippen molar-refractivity contribution >= 4 is 15.9 Å². The predicted molar refractivity (Wildman–Crippen MR) is 90.3 cm³/mol. The average molecular weight is 329 g/mol. The molecule has 0 amide bonds. The highest BCUT2D eigenvalue weighted by atomic mass is 79.9. The van der Waals surface area contributed by atoms with Gasteiger partial charge in [0.1, 0.15) is 0 Å². The first-order chi connectivity index (χ1) is 9.60. The summed E-state index contributed by atoms with van der Waals surface area (Å²) in [5.74, 6) is 0. The van der Waals surface area contributed by atoms with Crippen molar-refractivity contribution in [1.82, 2.24) is 0 Å². The van der Waals surface area contributed by atoms with E-state index >= 15 is 0 Å². The van der Waals surface area contributed by atoms with Gasteiger partial charge in [-0.3, -0.25) is 0 Å². The normalized spacial score (nSPS) is 19.8. The van der Waals surface area contributed by atoms with Crippen LogP contribution in [0.1, 0.15) is 50.3 Å². The van der Waals surface area contributed by atoms with Crippen molar-refractivity contribution in [2.24, 2.45) is 0 Å². The minimum absolute atomic E-state index is 0.152. The minimum atomic E-state index is 0.152. The monoisotopic (exact) mass is 328 g/mol. The van der Waals surface area contributed by atoms with Crippen LogP contribution in [-0.2, 0) is 11.8 Å². The summed E-state index contributed by atoms with van der Waals surface area (Å²) in [5, 5.41) is 0. The predicted octanol–water partition coefficient (Wildman–Crippen LogP) is 6.10. The number of aryl methyl sites for hydroxylation is 1. The number of benzene rings is 2. The number of rotatable bonds is 3. The molecule has 1 atom stereocenters. The summed E-state index contributed by atoms with van der Waals surface area (Å²) in [4.78, 5) is 0. The van der Waals surface area contributed by atoms with Crippen LogP contribution in [0.3, 0.4) is 0 Å². The summed E-state index contributed by atoms with van der Waals surface area (Å²) >= 11 is 3.63. The Labute approximate surface area is 130 Å². The average Bonchev–Trinajstić information content (AvgIpc) is 2.69. The molecule has 0 spiro atoms. The van der Waals surface area contributed by atoms with Gasteiger partial charge in [0.15, 0.2) is 0 Å². The van der Waals surface area contributed by atoms with Gasteiger partial charge < -0.3 is 0 Å². The first-order valence-corrected chi connectivity index (χ1v) is 8.33. The molecule has 0 saturated carbocycles. The molecule has 104 valence electrons. The van der Waals surface area contributed by atoms with Crippen LogP contribution in [0.15, 0.2) is 40.9 Å². The summed E-state index contributed by atoms with van der Waals surface area (Å²) in [6.45, 7) is 6.91. The molecule has 1 heteroatoms. The standard InChI is InChI=1S/C19H21Br/c1-4-6-13-7-10-17-16(11-13)15-9-8-14(20)12-18(15)19(17,3)5-2/h7-12H,4-6H2,1-3H3. The van der Waals surface area contributed by atoms with E-state index in [1.54, 1.807) is 0 Å². The maximum atomic E-state index is 3.63. The Balaban J connectivity index is 2.25. The fraction of sp³-hybridized carbons (Fsp3) is 0.368. The van der Waals surface area contributed by atoms with Crippen molar-refractivity contribution in [2.45, 2.75) is 45.4 Å². The van der Waals surface area contributed by atoms with Gasteiger partial charge >= 0.3 is 0 Å². The van der Waals surface area contributed by atoms with E-state index in [0.29, 0.717) is 0 Å². The van der Waals surface area contributed by atoms with Crippen molar-refractivity contribution in [2.75, 3.05) is 0 Å². The van der Waals surface area contributed by atoms with Crippen molar-refractivity contribution < 1.29 is 0 Å². The number of hydrogen-bond acceptors (Lipinski definition) is 0.